The Hall–Kier alpha value is -6.76. The molecule has 6 nitrogen and oxygen atoms in total. The molecule has 0 aromatic heterocycles. The number of rotatable bonds is 26. The predicted molar refractivity (Wildman–Crippen MR) is 268 cm³/mol. The van der Waals surface area contributed by atoms with Crippen molar-refractivity contribution in [1.82, 2.24) is 0 Å². The van der Waals surface area contributed by atoms with Crippen LogP contribution < -0.4 is 18.9 Å². The predicted octanol–water partition coefficient (Wildman–Crippen LogP) is 15.7. The van der Waals surface area contributed by atoms with Gasteiger partial charge >= 0.3 is 0 Å². The van der Waals surface area contributed by atoms with Crippen molar-refractivity contribution in [1.29, 1.82) is 10.5 Å². The van der Waals surface area contributed by atoms with E-state index in [0.29, 0.717) is 35.9 Å². The van der Waals surface area contributed by atoms with E-state index in [4.69, 9.17) is 18.9 Å². The van der Waals surface area contributed by atoms with Gasteiger partial charge in [-0.1, -0.05) is 175 Å². The lowest BCUT2D eigenvalue weighted by Crippen LogP contribution is -2.03. The molecule has 0 aliphatic rings. The number of benzene rings is 5. The monoisotopic (exact) mass is 852 g/mol. The van der Waals surface area contributed by atoms with E-state index in [0.717, 1.165) is 81.7 Å². The van der Waals surface area contributed by atoms with E-state index in [1.807, 2.05) is 84.9 Å². The lowest BCUT2D eigenvalue weighted by Gasteiger charge is -2.16. The van der Waals surface area contributed by atoms with Crippen LogP contribution in [-0.2, 0) is 0 Å². The molecule has 0 aliphatic carbocycles. The minimum absolute atomic E-state index is 0.570. The molecule has 0 unspecified atom stereocenters. The normalized spacial score (nSPS) is 11.7. The highest BCUT2D eigenvalue weighted by Gasteiger charge is 2.11. The molecule has 0 radical (unpaired) electrons. The maximum absolute atomic E-state index is 9.95. The molecule has 6 heteroatoms. The van der Waals surface area contributed by atoms with Gasteiger partial charge in [-0.3, -0.25) is 0 Å². The van der Waals surface area contributed by atoms with Gasteiger partial charge < -0.3 is 18.9 Å². The van der Waals surface area contributed by atoms with Crippen molar-refractivity contribution in [2.75, 3.05) is 27.4 Å². The van der Waals surface area contributed by atoms with Crippen LogP contribution in [0.5, 0.6) is 23.0 Å². The molecule has 0 fully saturated rings. The summed E-state index contributed by atoms with van der Waals surface area (Å²) in [6.07, 6.45) is 26.5. The Morgan fingerprint density at radius 2 is 0.828 bits per heavy atom. The summed E-state index contributed by atoms with van der Waals surface area (Å²) in [4.78, 5) is 0. The number of unbranched alkanes of at least 4 members (excludes halogenated alkanes) is 10. The minimum Gasteiger partial charge on any atom is -0.497 e. The summed E-state index contributed by atoms with van der Waals surface area (Å²) in [6.45, 7) is 5.76. The maximum atomic E-state index is 9.95. The van der Waals surface area contributed by atoms with Crippen molar-refractivity contribution >= 4 is 47.6 Å². The van der Waals surface area contributed by atoms with E-state index in [9.17, 15) is 10.5 Å². The smallest absolute Gasteiger partial charge is 0.127 e. The Balaban J connectivity index is 1.42. The molecule has 0 amide bonds. The van der Waals surface area contributed by atoms with Crippen LogP contribution in [0.1, 0.15) is 135 Å². The third-order valence-electron chi connectivity index (χ3n) is 11.1. The number of hydrogen-bond acceptors (Lipinski definition) is 6. The maximum Gasteiger partial charge on any atom is 0.127 e. The average molecular weight is 853 g/mol. The molecule has 0 aliphatic heterocycles. The highest BCUT2D eigenvalue weighted by Crippen LogP contribution is 2.33. The zero-order valence-electron chi connectivity index (χ0n) is 38.3. The fourth-order valence-electron chi connectivity index (χ4n) is 7.28. The SMILES string of the molecule is CCCCCCCCOc1cc(/C=C/c2ccc(/C=C(/C#N)c3cccc(OC)c3)cc2)c(OCCCCCCCC)cc1/C=C/c1ccc(/C=C(/C#N)c2cccc(OC)c2)cc1. The Bertz CT molecular complexity index is 2240. The van der Waals surface area contributed by atoms with E-state index in [1.165, 1.54) is 51.4 Å². The second kappa shape index (κ2) is 27.3. The van der Waals surface area contributed by atoms with Gasteiger partial charge in [0.2, 0.25) is 0 Å². The Morgan fingerprint density at radius 3 is 1.20 bits per heavy atom. The lowest BCUT2D eigenvalue weighted by atomic mass is 10.0. The van der Waals surface area contributed by atoms with Crippen LogP contribution >= 0.6 is 0 Å². The standard InChI is InChI=1S/C58H64N2O4/c1-5-7-9-11-13-15-35-63-57-41-52(34-32-46-25-29-48(30-26-46)38-54(44-60)50-20-18-22-56(40-50)62-4)58(64-36-16-14-12-10-8-6-2)42-51(57)33-31-45-23-27-47(28-24-45)37-53(43-59)49-19-17-21-55(39-49)61-3/h17-34,37-42H,5-16,35-36H2,1-4H3/b33-31+,34-32+,53-37-,54-38-. The molecule has 5 aromatic rings. The number of nitriles is 2. The van der Waals surface area contributed by atoms with Crippen LogP contribution in [0, 0.1) is 22.7 Å². The molecule has 5 rings (SSSR count). The van der Waals surface area contributed by atoms with Gasteiger partial charge in [-0.25, -0.2) is 0 Å². The van der Waals surface area contributed by atoms with Gasteiger partial charge in [0.15, 0.2) is 0 Å². The number of allylic oxidation sites excluding steroid dienone is 2. The quantitative estimate of drug-likeness (QED) is 0.0313. The van der Waals surface area contributed by atoms with Crippen LogP contribution in [0.3, 0.4) is 0 Å². The summed E-state index contributed by atoms with van der Waals surface area (Å²) in [5, 5.41) is 19.9. The van der Waals surface area contributed by atoms with Crippen molar-refractivity contribution in [3.8, 4) is 35.1 Å². The summed E-state index contributed by atoms with van der Waals surface area (Å²) >= 11 is 0. The minimum atomic E-state index is 0.570. The van der Waals surface area contributed by atoms with Crippen LogP contribution in [0.15, 0.2) is 109 Å². The molecule has 0 saturated heterocycles. The molecule has 0 atom stereocenters. The van der Waals surface area contributed by atoms with Crippen LogP contribution in [0.2, 0.25) is 0 Å². The molecule has 330 valence electrons. The van der Waals surface area contributed by atoms with Gasteiger partial charge in [-0.05, 0) is 94.8 Å². The number of methoxy groups -OCH3 is 2. The van der Waals surface area contributed by atoms with Gasteiger partial charge in [0, 0.05) is 11.1 Å². The first kappa shape index (κ1) is 48.3. The highest BCUT2D eigenvalue weighted by atomic mass is 16.5. The largest absolute Gasteiger partial charge is 0.497 e. The van der Waals surface area contributed by atoms with Crippen LogP contribution in [0.4, 0.5) is 0 Å². The molecular formula is C58H64N2O4. The average Bonchev–Trinajstić information content (AvgIpc) is 3.34. The summed E-state index contributed by atoms with van der Waals surface area (Å²) in [5.74, 6) is 3.06. The van der Waals surface area contributed by atoms with E-state index in [-0.39, 0.29) is 0 Å². The fraction of sp³-hybridized carbons (Fsp3) is 0.310. The first-order valence-corrected chi connectivity index (χ1v) is 23.0. The van der Waals surface area contributed by atoms with Gasteiger partial charge in [0.05, 0.1) is 50.7 Å². The summed E-state index contributed by atoms with van der Waals surface area (Å²) in [7, 11) is 3.25. The first-order chi connectivity index (χ1) is 31.5. The van der Waals surface area contributed by atoms with Crippen molar-refractivity contribution in [3.63, 3.8) is 0 Å². The Morgan fingerprint density at radius 1 is 0.453 bits per heavy atom. The third kappa shape index (κ3) is 15.9. The molecule has 0 heterocycles. The Labute approximate surface area is 382 Å². The molecule has 0 N–H and O–H groups in total. The fourth-order valence-corrected chi connectivity index (χ4v) is 7.28. The lowest BCUT2D eigenvalue weighted by molar-refractivity contribution is 0.295. The molecule has 0 spiro atoms. The molecular weight excluding hydrogens is 789 g/mol. The van der Waals surface area contributed by atoms with Crippen molar-refractivity contribution in [2.24, 2.45) is 0 Å². The second-order valence-electron chi connectivity index (χ2n) is 16.0. The summed E-state index contributed by atoms with van der Waals surface area (Å²) < 4.78 is 23.9. The zero-order chi connectivity index (χ0) is 45.2. The third-order valence-corrected chi connectivity index (χ3v) is 11.1. The zero-order valence-corrected chi connectivity index (χ0v) is 38.3. The number of ether oxygens (including phenoxy) is 4. The Kier molecular flexibility index (Phi) is 20.6. The second-order valence-corrected chi connectivity index (χ2v) is 16.0. The van der Waals surface area contributed by atoms with E-state index in [2.05, 4.69) is 86.7 Å². The van der Waals surface area contributed by atoms with Gasteiger partial charge in [0.1, 0.15) is 23.0 Å². The van der Waals surface area contributed by atoms with Crippen LogP contribution in [0.25, 0.3) is 47.6 Å². The number of nitrogens with zero attached hydrogens (tertiary/aromatic N) is 2. The van der Waals surface area contributed by atoms with Gasteiger partial charge in [-0.15, -0.1) is 0 Å². The first-order valence-electron chi connectivity index (χ1n) is 23.0. The summed E-state index contributed by atoms with van der Waals surface area (Å²) in [5.41, 5.74) is 8.61. The summed E-state index contributed by atoms with van der Waals surface area (Å²) in [6, 6.07) is 40.4. The van der Waals surface area contributed by atoms with Gasteiger partial charge in [-0.2, -0.15) is 10.5 Å². The molecule has 0 bridgehead atoms. The topological polar surface area (TPSA) is 84.5 Å². The van der Waals surface area contributed by atoms with Crippen molar-refractivity contribution < 1.29 is 18.9 Å². The molecule has 5 aromatic carbocycles. The van der Waals surface area contributed by atoms with E-state index >= 15 is 0 Å². The van der Waals surface area contributed by atoms with E-state index in [1.54, 1.807) is 14.2 Å². The van der Waals surface area contributed by atoms with Crippen molar-refractivity contribution in [2.45, 2.75) is 90.9 Å². The number of hydrogen-bond donors (Lipinski definition) is 0. The van der Waals surface area contributed by atoms with Gasteiger partial charge in [0.25, 0.3) is 0 Å². The van der Waals surface area contributed by atoms with Crippen molar-refractivity contribution in [3.05, 3.63) is 154 Å². The van der Waals surface area contributed by atoms with Crippen LogP contribution in [-0.4, -0.2) is 27.4 Å². The highest BCUT2D eigenvalue weighted by molar-refractivity contribution is 5.91. The molecule has 0 saturated carbocycles. The molecule has 64 heavy (non-hydrogen) atoms. The van der Waals surface area contributed by atoms with E-state index < -0.39 is 0 Å².